The second kappa shape index (κ2) is 15.2. The fraction of sp³-hybridized carbons (Fsp3) is 0.0333. The maximum atomic E-state index is 2.46. The number of hydrogen-bond donors (Lipinski definition) is 0. The van der Waals surface area contributed by atoms with E-state index in [1.54, 1.807) is 0 Å². The predicted molar refractivity (Wildman–Crippen MR) is 272 cm³/mol. The summed E-state index contributed by atoms with van der Waals surface area (Å²) in [5.74, 6) is 0. The van der Waals surface area contributed by atoms with Crippen LogP contribution in [0.15, 0.2) is 231 Å². The maximum absolute atomic E-state index is 2.46. The van der Waals surface area contributed by atoms with Crippen molar-refractivity contribution in [3.63, 3.8) is 0 Å². The number of hydrogen-bond acceptors (Lipinski definition) is 4. The van der Waals surface area contributed by atoms with E-state index in [1.165, 1.54) is 43.4 Å². The van der Waals surface area contributed by atoms with Crippen LogP contribution < -0.4 is 19.6 Å². The molecule has 0 aromatic heterocycles. The van der Waals surface area contributed by atoms with Crippen molar-refractivity contribution in [3.8, 4) is 0 Å². The van der Waals surface area contributed by atoms with Crippen LogP contribution in [-0.4, -0.2) is 0 Å². The van der Waals surface area contributed by atoms with Crippen LogP contribution in [0.1, 0.15) is 11.1 Å². The first kappa shape index (κ1) is 37.4. The number of nitrogens with zero attached hydrogens (tertiary/aromatic N) is 4. The van der Waals surface area contributed by atoms with Gasteiger partial charge in [-0.05, 0) is 156 Å². The number of benzene rings is 11. The Morgan fingerprint density at radius 3 is 0.969 bits per heavy atom. The van der Waals surface area contributed by atoms with Gasteiger partial charge in [0.2, 0.25) is 0 Å². The van der Waals surface area contributed by atoms with Gasteiger partial charge in [0.05, 0.1) is 11.4 Å². The molecule has 0 unspecified atom stereocenters. The van der Waals surface area contributed by atoms with E-state index in [9.17, 15) is 0 Å². The average Bonchev–Trinajstić information content (AvgIpc) is 3.34. The average molecular weight is 821 g/mol. The molecular formula is C60H44N4. The monoisotopic (exact) mass is 820 g/mol. The third-order valence-corrected chi connectivity index (χ3v) is 12.9. The highest BCUT2D eigenvalue weighted by Crippen LogP contribution is 2.50. The van der Waals surface area contributed by atoms with Crippen LogP contribution >= 0.6 is 0 Å². The molecule has 2 aliphatic rings. The molecule has 304 valence electrons. The molecule has 0 spiro atoms. The molecule has 0 saturated carbocycles. The molecule has 0 fully saturated rings. The highest BCUT2D eigenvalue weighted by Gasteiger charge is 2.25. The van der Waals surface area contributed by atoms with Crippen LogP contribution in [0.3, 0.4) is 0 Å². The van der Waals surface area contributed by atoms with E-state index in [-0.39, 0.29) is 0 Å². The van der Waals surface area contributed by atoms with E-state index in [2.05, 4.69) is 264 Å². The van der Waals surface area contributed by atoms with Gasteiger partial charge >= 0.3 is 0 Å². The molecule has 13 rings (SSSR count). The number of aryl methyl sites for hydroxylation is 2. The number of anilines is 12. The standard InChI is InChI=1S/C60H44N4/c1-41-15-9-11-25-55(41)63-51-23-13-21-49(39-51)61(45-17-5-3-6-18-45)47-31-33-48(34-32-47)62(46-19-7-4-8-20-46)50-22-14-24-52(40-50)64(56-26-12-10-16-42(56)2)58-38-30-44-27-35-53-57(63)37-29-43-28-36-54(58)60(44)59(43)53/h3-40H,1-2H3. The largest absolute Gasteiger partial charge is 0.310 e. The van der Waals surface area contributed by atoms with Crippen molar-refractivity contribution < 1.29 is 0 Å². The topological polar surface area (TPSA) is 13.0 Å². The zero-order chi connectivity index (χ0) is 42.7. The Balaban J connectivity index is 1.21. The van der Waals surface area contributed by atoms with Gasteiger partial charge in [0, 0.05) is 67.6 Å². The van der Waals surface area contributed by atoms with Crippen LogP contribution in [0.5, 0.6) is 0 Å². The van der Waals surface area contributed by atoms with Gasteiger partial charge in [-0.25, -0.2) is 0 Å². The Hall–Kier alpha value is -8.34. The van der Waals surface area contributed by atoms with Crippen LogP contribution in [0, 0.1) is 13.8 Å². The lowest BCUT2D eigenvalue weighted by atomic mass is 9.91. The lowest BCUT2D eigenvalue weighted by molar-refractivity contribution is 1.23. The van der Waals surface area contributed by atoms with Crippen molar-refractivity contribution in [1.29, 1.82) is 0 Å². The first-order valence-corrected chi connectivity index (χ1v) is 22.0. The van der Waals surface area contributed by atoms with Gasteiger partial charge in [0.25, 0.3) is 0 Å². The number of fused-ring (bicyclic) bond motifs is 2. The van der Waals surface area contributed by atoms with Gasteiger partial charge in [-0.2, -0.15) is 0 Å². The molecule has 0 N–H and O–H groups in total. The molecule has 12 bridgehead atoms. The van der Waals surface area contributed by atoms with E-state index in [0.717, 1.165) is 68.2 Å². The smallest absolute Gasteiger partial charge is 0.0540 e. The third kappa shape index (κ3) is 6.14. The van der Waals surface area contributed by atoms with Crippen molar-refractivity contribution in [2.75, 3.05) is 19.6 Å². The molecule has 0 saturated heterocycles. The van der Waals surface area contributed by atoms with Crippen molar-refractivity contribution in [3.05, 3.63) is 242 Å². The van der Waals surface area contributed by atoms with Crippen LogP contribution in [-0.2, 0) is 0 Å². The summed E-state index contributed by atoms with van der Waals surface area (Å²) in [6, 6.07) is 84.4. The van der Waals surface area contributed by atoms with Crippen LogP contribution in [0.25, 0.3) is 32.3 Å². The van der Waals surface area contributed by atoms with Gasteiger partial charge in [0.1, 0.15) is 0 Å². The summed E-state index contributed by atoms with van der Waals surface area (Å²) in [6.07, 6.45) is 0. The Labute approximate surface area is 374 Å². The van der Waals surface area contributed by atoms with Gasteiger partial charge in [-0.3, -0.25) is 0 Å². The SMILES string of the molecule is Cc1ccccc1N1c2cccc(c2)N(c2ccccc2)c2ccc(cc2)N(c2ccccc2)c2cccc(c2)N(c2ccccc2C)c2ccc3ccc4c1ccc1ccc2c3c14. The van der Waals surface area contributed by atoms with Crippen LogP contribution in [0.2, 0.25) is 0 Å². The summed E-state index contributed by atoms with van der Waals surface area (Å²) in [7, 11) is 0. The minimum Gasteiger partial charge on any atom is -0.310 e. The highest BCUT2D eigenvalue weighted by atomic mass is 15.2. The van der Waals surface area contributed by atoms with Gasteiger partial charge in [0.15, 0.2) is 0 Å². The normalized spacial score (nSPS) is 12.7. The van der Waals surface area contributed by atoms with E-state index < -0.39 is 0 Å². The molecule has 0 atom stereocenters. The lowest BCUT2D eigenvalue weighted by Crippen LogP contribution is -2.15. The molecule has 4 nitrogen and oxygen atoms in total. The molecule has 64 heavy (non-hydrogen) atoms. The Kier molecular flexibility index (Phi) is 8.91. The summed E-state index contributed by atoms with van der Waals surface area (Å²) < 4.78 is 0. The summed E-state index contributed by atoms with van der Waals surface area (Å²) in [6.45, 7) is 4.42. The van der Waals surface area contributed by atoms with Gasteiger partial charge < -0.3 is 19.6 Å². The highest BCUT2D eigenvalue weighted by molar-refractivity contribution is 6.28. The van der Waals surface area contributed by atoms with Gasteiger partial charge in [-0.1, -0.05) is 121 Å². The molecule has 11 aromatic carbocycles. The van der Waals surface area contributed by atoms with E-state index in [0.29, 0.717) is 0 Å². The zero-order valence-corrected chi connectivity index (χ0v) is 35.7. The first-order valence-electron chi connectivity index (χ1n) is 22.0. The maximum Gasteiger partial charge on any atom is 0.0540 e. The zero-order valence-electron chi connectivity index (χ0n) is 35.7. The summed E-state index contributed by atoms with van der Waals surface area (Å²) in [4.78, 5) is 9.64. The summed E-state index contributed by atoms with van der Waals surface area (Å²) in [5, 5.41) is 7.37. The Morgan fingerprint density at radius 2 is 0.562 bits per heavy atom. The molecular weight excluding hydrogens is 777 g/mol. The summed E-state index contributed by atoms with van der Waals surface area (Å²) in [5.41, 5.74) is 15.5. The predicted octanol–water partition coefficient (Wildman–Crippen LogP) is 17.4. The fourth-order valence-electron chi connectivity index (χ4n) is 9.95. The van der Waals surface area contributed by atoms with Crippen molar-refractivity contribution in [2.45, 2.75) is 13.8 Å². The quantitative estimate of drug-likeness (QED) is 0.164. The van der Waals surface area contributed by atoms with Crippen molar-refractivity contribution in [1.82, 2.24) is 0 Å². The van der Waals surface area contributed by atoms with Crippen LogP contribution in [0.4, 0.5) is 68.2 Å². The minimum absolute atomic E-state index is 1.06. The number of para-hydroxylation sites is 4. The Bertz CT molecular complexity index is 3260. The second-order valence-electron chi connectivity index (χ2n) is 16.7. The Morgan fingerprint density at radius 1 is 0.234 bits per heavy atom. The first-order chi connectivity index (χ1) is 31.6. The van der Waals surface area contributed by atoms with E-state index in [4.69, 9.17) is 0 Å². The van der Waals surface area contributed by atoms with Crippen molar-refractivity contribution >= 4 is 101 Å². The second-order valence-corrected chi connectivity index (χ2v) is 16.7. The fourth-order valence-corrected chi connectivity index (χ4v) is 9.95. The van der Waals surface area contributed by atoms with E-state index in [1.807, 2.05) is 0 Å². The summed E-state index contributed by atoms with van der Waals surface area (Å²) >= 11 is 0. The third-order valence-electron chi connectivity index (χ3n) is 12.9. The van der Waals surface area contributed by atoms with Gasteiger partial charge in [-0.15, -0.1) is 0 Å². The molecule has 2 aliphatic heterocycles. The number of rotatable bonds is 4. The molecule has 0 amide bonds. The molecule has 0 aliphatic carbocycles. The minimum atomic E-state index is 1.06. The van der Waals surface area contributed by atoms with E-state index >= 15 is 0 Å². The van der Waals surface area contributed by atoms with Crippen molar-refractivity contribution in [2.24, 2.45) is 0 Å². The molecule has 11 aromatic rings. The molecule has 2 heterocycles. The molecule has 4 heteroatoms. The molecule has 0 radical (unpaired) electrons. The lowest BCUT2D eigenvalue weighted by Gasteiger charge is -2.33.